The van der Waals surface area contributed by atoms with E-state index in [0.29, 0.717) is 103 Å². The largest absolute Gasteiger partial charge is 0.447 e. The van der Waals surface area contributed by atoms with Crippen LogP contribution >= 0.6 is 0 Å². The van der Waals surface area contributed by atoms with Crippen LogP contribution in [0, 0.1) is 29.6 Å². The molecule has 4 aromatic carbocycles. The molecule has 0 spiro atoms. The molecule has 12 aliphatic carbocycles. The van der Waals surface area contributed by atoms with Crippen molar-refractivity contribution in [1.29, 1.82) is 0 Å². The second-order valence-corrected chi connectivity index (χ2v) is 44.4. The van der Waals surface area contributed by atoms with Gasteiger partial charge >= 0.3 is 18.1 Å². The van der Waals surface area contributed by atoms with Crippen molar-refractivity contribution in [3.05, 3.63) is 188 Å². The minimum atomic E-state index is -4.23. The summed E-state index contributed by atoms with van der Waals surface area (Å²) in [4.78, 5) is 51.0. The zero-order valence-corrected chi connectivity index (χ0v) is 75.4. The number of aliphatic hydroxyl groups excluding tert-OH is 2. The molecule has 0 radical (unpaired) electrons. The van der Waals surface area contributed by atoms with Gasteiger partial charge in [-0.25, -0.2) is 33.3 Å². The Morgan fingerprint density at radius 1 is 0.392 bits per heavy atom. The number of rotatable bonds is 15. The van der Waals surface area contributed by atoms with Crippen LogP contribution in [0.2, 0.25) is 0 Å². The van der Waals surface area contributed by atoms with E-state index in [1.54, 1.807) is 13.8 Å². The molecule has 20 rings (SSSR count). The van der Waals surface area contributed by atoms with E-state index in [9.17, 15) is 73.3 Å². The predicted molar refractivity (Wildman–Crippen MR) is 467 cm³/mol. The quantitative estimate of drug-likeness (QED) is 0.0454. The average Bonchev–Trinajstić information content (AvgIpc) is 1.63. The summed E-state index contributed by atoms with van der Waals surface area (Å²) >= 11 is 0. The van der Waals surface area contributed by atoms with Crippen molar-refractivity contribution in [3.8, 4) is 0 Å². The fourth-order valence-electron chi connectivity index (χ4n) is 22.0. The fraction of sp³-hybridized carbons (Fsp3) is 0.532. The van der Waals surface area contributed by atoms with Gasteiger partial charge in [-0.3, -0.25) is 4.79 Å². The number of fused-ring (bicyclic) bond motifs is 12. The maximum Gasteiger partial charge on any atom is 0.333 e. The number of carbonyl (C=O) groups excluding carboxylic acids is 4. The Kier molecular flexibility index (Phi) is 24.0. The maximum absolute atomic E-state index is 13.0. The number of sulfonamides is 4. The molecule has 7 amide bonds. The highest BCUT2D eigenvalue weighted by molar-refractivity contribution is 7.90. The number of aryl methyl sites for hydroxylation is 9. The van der Waals surface area contributed by atoms with Gasteiger partial charge in [0.2, 0.25) is 26.3 Å². The van der Waals surface area contributed by atoms with Crippen LogP contribution in [0.4, 0.5) is 31.4 Å². The van der Waals surface area contributed by atoms with Crippen molar-refractivity contribution in [2.75, 3.05) is 16.0 Å². The van der Waals surface area contributed by atoms with Gasteiger partial charge in [-0.1, -0.05) is 58.9 Å². The first-order valence-electron chi connectivity index (χ1n) is 44.9. The number of aliphatic hydroxyl groups is 4. The van der Waals surface area contributed by atoms with Gasteiger partial charge in [-0.2, -0.15) is 33.7 Å². The van der Waals surface area contributed by atoms with Crippen molar-refractivity contribution >= 4 is 81.2 Å². The normalized spacial score (nSPS) is 22.6. The molecule has 125 heavy (non-hydrogen) atoms. The Labute approximate surface area is 730 Å². The molecule has 670 valence electrons. The summed E-state index contributed by atoms with van der Waals surface area (Å²) in [6, 6.07) is 12.2. The van der Waals surface area contributed by atoms with Crippen LogP contribution in [0.15, 0.2) is 86.6 Å². The van der Waals surface area contributed by atoms with Gasteiger partial charge in [-0.05, 0) is 336 Å². The summed E-state index contributed by atoms with van der Waals surface area (Å²) < 4.78 is 134. The average molecular weight is 1790 g/mol. The summed E-state index contributed by atoms with van der Waals surface area (Å²) in [6.45, 7) is 13.6. The maximum atomic E-state index is 13.0. The van der Waals surface area contributed by atoms with Crippen LogP contribution in [-0.4, -0.2) is 78.1 Å². The molecular formula is C94H115N7O20S4. The first-order valence-corrected chi connectivity index (χ1v) is 50.8. The van der Waals surface area contributed by atoms with Gasteiger partial charge in [0.1, 0.15) is 29.1 Å². The number of furan rings is 4. The molecule has 0 saturated carbocycles. The highest BCUT2D eigenvalue weighted by atomic mass is 32.2. The van der Waals surface area contributed by atoms with E-state index in [-0.39, 0.29) is 50.3 Å². The van der Waals surface area contributed by atoms with Crippen LogP contribution in [0.5, 0.6) is 0 Å². The Bertz CT molecular complexity index is 6030. The Morgan fingerprint density at radius 3 is 1.17 bits per heavy atom. The van der Waals surface area contributed by atoms with Crippen LogP contribution in [0.25, 0.3) is 0 Å². The predicted octanol–water partition coefficient (Wildman–Crippen LogP) is 14.4. The highest BCUT2D eigenvalue weighted by Crippen LogP contribution is 2.48. The molecule has 0 fully saturated rings. The number of benzene rings is 4. The third-order valence-corrected chi connectivity index (χ3v) is 33.1. The number of anilines is 3. The number of carbonyl (C=O) groups is 4. The fourth-order valence-corrected chi connectivity index (χ4v) is 25.6. The Balaban J connectivity index is 0.000000118. The van der Waals surface area contributed by atoms with Gasteiger partial charge in [0.25, 0.3) is 40.1 Å². The van der Waals surface area contributed by atoms with E-state index >= 15 is 0 Å². The topological polar surface area (TPSA) is 423 Å². The minimum Gasteiger partial charge on any atom is -0.447 e. The monoisotopic (exact) mass is 1790 g/mol. The lowest BCUT2D eigenvalue weighted by molar-refractivity contribution is -0.118. The van der Waals surface area contributed by atoms with Gasteiger partial charge in [0.05, 0.1) is 23.7 Å². The van der Waals surface area contributed by atoms with E-state index in [1.807, 2.05) is 6.92 Å². The summed E-state index contributed by atoms with van der Waals surface area (Å²) in [5, 5.41) is 49.3. The smallest absolute Gasteiger partial charge is 0.333 e. The number of hydrogen-bond acceptors (Lipinski definition) is 20. The van der Waals surface area contributed by atoms with Gasteiger partial charge in [0.15, 0.2) is 0 Å². The molecule has 7 atom stereocenters. The van der Waals surface area contributed by atoms with E-state index in [0.717, 1.165) is 217 Å². The van der Waals surface area contributed by atoms with Crippen molar-refractivity contribution in [3.63, 3.8) is 0 Å². The molecule has 27 nitrogen and oxygen atoms in total. The number of nitrogens with one attached hydrogen (secondary N) is 7. The molecule has 11 N–H and O–H groups in total. The lowest BCUT2D eigenvalue weighted by Crippen LogP contribution is -2.35. The van der Waals surface area contributed by atoms with E-state index in [1.165, 1.54) is 79.9 Å². The molecule has 31 heteroatoms. The summed E-state index contributed by atoms with van der Waals surface area (Å²) in [5.74, 6) is 2.51. The Hall–Kier alpha value is -9.08. The summed E-state index contributed by atoms with van der Waals surface area (Å²) in [5.41, 5.74) is 22.8. The molecule has 4 aromatic heterocycles. The second kappa shape index (κ2) is 34.2. The zero-order valence-electron chi connectivity index (χ0n) is 72.2. The molecule has 12 aliphatic rings. The van der Waals surface area contributed by atoms with Crippen molar-refractivity contribution in [2.24, 2.45) is 29.6 Å². The number of amides is 7. The summed E-state index contributed by atoms with van der Waals surface area (Å²) in [6.07, 6.45) is 27.5. The van der Waals surface area contributed by atoms with Gasteiger partial charge in [0, 0.05) is 77.3 Å². The standard InChI is InChI=1S/C25H32N2O5S.C24H30N2O5S.C23H27NO5S.C22H26N2O5S/c1-14(2)17-11-21-20(25(3,29)13-17)12-22(32-21)33(30,31)27-24(28)26-23-18-8-4-6-15(18)10-16-7-5-9-19(16)23;1-13(2)16-10-20(27)19-12-22(31-21(19)11-16)32(29,30)26-24(28)25-23-17-7-3-5-14(17)9-15-6-4-8-18(15)23;1-23(26)10-4-9-20-19(23)13-22(29-20)30(27,28)24-21(25)12-18-16-7-2-5-14(16)11-15-6-3-8-17(15)18;1-12-8-15-11-19(29-21(15)18(25)9-12)30(27,28)24-22(26)23-20-16-6-2-4-13(16)10-14-5-3-7-17(14)20/h10,12,14,17,29H,4-9,11,13H2,1-3H3,(H2,26,27,28);9,12-13,16,20,27H,3-8,10-11H2,1-2H3,(H2,25,26,28);11,13,26H,2-10,12H2,1H3,(H,24,25);10-12,18,25H,2-9H2,1H3,(H2,23,24,26). The first-order chi connectivity index (χ1) is 59.3. The molecule has 0 bridgehead atoms. The van der Waals surface area contributed by atoms with Crippen LogP contribution in [0.3, 0.4) is 0 Å². The van der Waals surface area contributed by atoms with E-state index in [2.05, 4.69) is 86.8 Å². The molecule has 0 aliphatic heterocycles. The van der Waals surface area contributed by atoms with Crippen LogP contribution < -0.4 is 34.8 Å². The third-order valence-electron chi connectivity index (χ3n) is 28.3. The van der Waals surface area contributed by atoms with Crippen LogP contribution in [-0.2, 0) is 191 Å². The van der Waals surface area contributed by atoms with Gasteiger partial charge in [-0.15, -0.1) is 0 Å². The molecule has 8 aromatic rings. The van der Waals surface area contributed by atoms with Crippen molar-refractivity contribution in [2.45, 2.75) is 311 Å². The lowest BCUT2D eigenvalue weighted by atomic mass is 9.74. The van der Waals surface area contributed by atoms with Crippen molar-refractivity contribution in [1.82, 2.24) is 18.9 Å². The summed E-state index contributed by atoms with van der Waals surface area (Å²) in [7, 11) is -16.7. The van der Waals surface area contributed by atoms with E-state index < -0.39 is 87.5 Å². The highest BCUT2D eigenvalue weighted by Gasteiger charge is 2.44. The number of hydrogen-bond donors (Lipinski definition) is 11. The number of urea groups is 3. The van der Waals surface area contributed by atoms with E-state index in [4.69, 9.17) is 17.7 Å². The van der Waals surface area contributed by atoms with Crippen LogP contribution in [0.1, 0.15) is 284 Å². The first kappa shape index (κ1) is 88.0. The second-order valence-electron chi connectivity index (χ2n) is 38.0. The molecule has 0 saturated heterocycles. The molecular weight excluding hydrogens is 1680 g/mol. The van der Waals surface area contributed by atoms with Crippen molar-refractivity contribution < 1.29 is 90.9 Å². The third kappa shape index (κ3) is 17.8. The molecule has 7 unspecified atom stereocenters. The Morgan fingerprint density at radius 2 is 0.752 bits per heavy atom. The minimum absolute atomic E-state index is 0.0723. The zero-order chi connectivity index (χ0) is 88.3. The SMILES string of the molecule is CC(C)C1Cc2oc(S(=O)(=O)NC(=O)Nc3c4c(cc5c3CCC5)CCC4)cc2C(C)(O)C1.CC(C)C1Cc2oc(S(=O)(=O)NC(=O)Nc3c4c(cc5c3CCC5)CCC4)cc2C(O)C1.CC1(O)CCCc2oc(S(=O)(=O)NC(=O)Cc3c4c(cc5c3CCC5)CCC4)cc21.CC1Cc2cc(S(=O)(=O)NC(=O)Nc3c4c(cc5c3CCC5)CCC4)oc2C(O)C1. The van der Waals surface area contributed by atoms with Gasteiger partial charge < -0.3 is 54.0 Å². The molecule has 4 heterocycles. The lowest BCUT2D eigenvalue weighted by Gasteiger charge is -2.35.